The predicted octanol–water partition coefficient (Wildman–Crippen LogP) is 2.40. The van der Waals surface area contributed by atoms with Crippen molar-refractivity contribution in [3.63, 3.8) is 0 Å². The lowest BCUT2D eigenvalue weighted by Gasteiger charge is -2.46. The summed E-state index contributed by atoms with van der Waals surface area (Å²) in [5, 5.41) is 5.41. The fraction of sp³-hybridized carbons (Fsp3) is 0.909. The van der Waals surface area contributed by atoms with Crippen LogP contribution in [-0.2, 0) is 4.79 Å². The maximum Gasteiger partial charge on any atom is 0.471 e. The predicted molar refractivity (Wildman–Crippen MR) is 65.8 cm³/mol. The van der Waals surface area contributed by atoms with E-state index in [9.17, 15) is 18.0 Å². The van der Waals surface area contributed by atoms with E-state index in [1.54, 1.807) is 0 Å². The van der Waals surface area contributed by atoms with Gasteiger partial charge >= 0.3 is 12.1 Å². The van der Waals surface area contributed by atoms with Crippen molar-refractivity contribution in [2.24, 2.45) is 0 Å². The Morgan fingerprint density at radius 1 is 1.17 bits per heavy atom. The van der Waals surface area contributed by atoms with E-state index in [0.29, 0.717) is 12.8 Å². The summed E-state index contributed by atoms with van der Waals surface area (Å²) in [4.78, 5) is 10.9. The van der Waals surface area contributed by atoms with Gasteiger partial charge in [0, 0.05) is 17.1 Å². The minimum absolute atomic E-state index is 0. The number of amides is 1. The Bertz CT molecular complexity index is 300. The van der Waals surface area contributed by atoms with Crippen LogP contribution in [-0.4, -0.2) is 29.2 Å². The van der Waals surface area contributed by atoms with Gasteiger partial charge in [0.25, 0.3) is 0 Å². The molecule has 0 aliphatic carbocycles. The maximum absolute atomic E-state index is 12.2. The van der Waals surface area contributed by atoms with Crippen LogP contribution in [0, 0.1) is 0 Å². The number of carbonyl (C=O) groups excluding carboxylic acids is 1. The molecule has 108 valence electrons. The highest BCUT2D eigenvalue weighted by molar-refractivity contribution is 5.85. The van der Waals surface area contributed by atoms with E-state index in [1.165, 1.54) is 0 Å². The molecule has 1 fully saturated rings. The summed E-state index contributed by atoms with van der Waals surface area (Å²) >= 11 is 0. The van der Waals surface area contributed by atoms with Crippen LogP contribution >= 0.6 is 12.4 Å². The Hall–Kier alpha value is -0.490. The molecule has 7 heteroatoms. The third-order valence-corrected chi connectivity index (χ3v) is 2.78. The molecule has 0 radical (unpaired) electrons. The van der Waals surface area contributed by atoms with Crippen molar-refractivity contribution in [2.75, 3.05) is 0 Å². The summed E-state index contributed by atoms with van der Waals surface area (Å²) < 4.78 is 36.5. The van der Waals surface area contributed by atoms with Crippen molar-refractivity contribution in [3.05, 3.63) is 0 Å². The average molecular weight is 289 g/mol. The quantitative estimate of drug-likeness (QED) is 0.778. The molecule has 0 aromatic rings. The first kappa shape index (κ1) is 17.5. The fourth-order valence-corrected chi connectivity index (χ4v) is 2.69. The molecule has 1 saturated heterocycles. The van der Waals surface area contributed by atoms with Gasteiger partial charge in [0.2, 0.25) is 0 Å². The first-order valence-corrected chi connectivity index (χ1v) is 5.58. The van der Waals surface area contributed by atoms with Gasteiger partial charge in [-0.1, -0.05) is 0 Å². The van der Waals surface area contributed by atoms with Crippen LogP contribution in [0.4, 0.5) is 13.2 Å². The van der Waals surface area contributed by atoms with Gasteiger partial charge in [0.05, 0.1) is 0 Å². The number of alkyl halides is 3. The van der Waals surface area contributed by atoms with Gasteiger partial charge < -0.3 is 10.6 Å². The van der Waals surface area contributed by atoms with Crippen LogP contribution in [0.15, 0.2) is 0 Å². The van der Waals surface area contributed by atoms with E-state index in [-0.39, 0.29) is 23.5 Å². The first-order valence-electron chi connectivity index (χ1n) is 5.58. The third kappa shape index (κ3) is 5.02. The lowest BCUT2D eigenvalue weighted by Crippen LogP contribution is -2.62. The second-order valence-corrected chi connectivity index (χ2v) is 5.97. The number of halogens is 4. The molecule has 1 amide bonds. The van der Waals surface area contributed by atoms with E-state index in [1.807, 2.05) is 27.7 Å². The molecule has 1 aliphatic heterocycles. The monoisotopic (exact) mass is 288 g/mol. The van der Waals surface area contributed by atoms with Crippen LogP contribution < -0.4 is 10.6 Å². The number of hydrogen-bond donors (Lipinski definition) is 2. The topological polar surface area (TPSA) is 41.1 Å². The fourth-order valence-electron chi connectivity index (χ4n) is 2.69. The smallest absolute Gasteiger partial charge is 0.345 e. The summed E-state index contributed by atoms with van der Waals surface area (Å²) in [6.45, 7) is 7.67. The van der Waals surface area contributed by atoms with Crippen LogP contribution in [0.25, 0.3) is 0 Å². The number of nitrogens with one attached hydrogen (secondary N) is 2. The van der Waals surface area contributed by atoms with Gasteiger partial charge in [-0.2, -0.15) is 13.2 Å². The Labute approximate surface area is 111 Å². The summed E-state index contributed by atoms with van der Waals surface area (Å²) in [5.41, 5.74) is -0.573. The third-order valence-electron chi connectivity index (χ3n) is 2.78. The second-order valence-electron chi connectivity index (χ2n) is 5.97. The van der Waals surface area contributed by atoms with E-state index >= 15 is 0 Å². The number of rotatable bonds is 1. The Morgan fingerprint density at radius 3 is 1.89 bits per heavy atom. The molecule has 0 atom stereocenters. The average Bonchev–Trinajstić information content (AvgIpc) is 1.94. The maximum atomic E-state index is 12.2. The molecule has 1 heterocycles. The largest absolute Gasteiger partial charge is 0.471 e. The molecule has 0 unspecified atom stereocenters. The van der Waals surface area contributed by atoms with Crippen LogP contribution in [0.5, 0.6) is 0 Å². The van der Waals surface area contributed by atoms with Crippen molar-refractivity contribution < 1.29 is 18.0 Å². The van der Waals surface area contributed by atoms with E-state index in [0.717, 1.165) is 0 Å². The van der Waals surface area contributed by atoms with Gasteiger partial charge in [0.15, 0.2) is 0 Å². The highest BCUT2D eigenvalue weighted by atomic mass is 35.5. The van der Waals surface area contributed by atoms with Gasteiger partial charge in [0.1, 0.15) is 0 Å². The molecule has 0 aromatic heterocycles. The molecule has 0 saturated carbocycles. The molecule has 1 rings (SSSR count). The summed E-state index contributed by atoms with van der Waals surface area (Å²) in [6, 6.07) is -0.449. The van der Waals surface area contributed by atoms with E-state index in [2.05, 4.69) is 10.6 Å². The lowest BCUT2D eigenvalue weighted by atomic mass is 9.79. The Kier molecular flexibility index (Phi) is 5.11. The van der Waals surface area contributed by atoms with Crippen molar-refractivity contribution in [1.29, 1.82) is 0 Å². The summed E-state index contributed by atoms with van der Waals surface area (Å²) in [5.74, 6) is -1.85. The van der Waals surface area contributed by atoms with Crippen molar-refractivity contribution in [3.8, 4) is 0 Å². The first-order chi connectivity index (χ1) is 7.41. The minimum Gasteiger partial charge on any atom is -0.345 e. The highest BCUT2D eigenvalue weighted by Crippen LogP contribution is 2.29. The SMILES string of the molecule is CC1(C)CC(NC(=O)C(F)(F)F)CC(C)(C)N1.Cl. The second kappa shape index (κ2) is 5.25. The van der Waals surface area contributed by atoms with Gasteiger partial charge in [-0.3, -0.25) is 4.79 Å². The molecule has 2 N–H and O–H groups in total. The molecular weight excluding hydrogens is 269 g/mol. The van der Waals surface area contributed by atoms with Crippen LogP contribution in [0.3, 0.4) is 0 Å². The zero-order valence-electron chi connectivity index (χ0n) is 10.9. The molecule has 18 heavy (non-hydrogen) atoms. The van der Waals surface area contributed by atoms with Crippen molar-refractivity contribution in [2.45, 2.75) is 63.8 Å². The zero-order chi connectivity index (χ0) is 13.5. The lowest BCUT2D eigenvalue weighted by molar-refractivity contribution is -0.174. The van der Waals surface area contributed by atoms with Crippen molar-refractivity contribution in [1.82, 2.24) is 10.6 Å². The standard InChI is InChI=1S/C11H19F3N2O.ClH/c1-9(2)5-7(6-10(3,4)16-9)15-8(17)11(12,13)14;/h7,16H,5-6H2,1-4H3,(H,15,17);1H. The Morgan fingerprint density at radius 2 is 1.56 bits per heavy atom. The molecule has 0 aromatic carbocycles. The summed E-state index contributed by atoms with van der Waals surface area (Å²) in [6.07, 6.45) is -3.84. The normalized spacial score (nSPS) is 23.1. The van der Waals surface area contributed by atoms with Crippen LogP contribution in [0.2, 0.25) is 0 Å². The molecule has 3 nitrogen and oxygen atoms in total. The Balaban J connectivity index is 0.00000289. The van der Waals surface area contributed by atoms with E-state index < -0.39 is 18.1 Å². The van der Waals surface area contributed by atoms with Crippen molar-refractivity contribution >= 4 is 18.3 Å². The molecule has 0 bridgehead atoms. The van der Waals surface area contributed by atoms with Gasteiger partial charge in [-0.05, 0) is 40.5 Å². The summed E-state index contributed by atoms with van der Waals surface area (Å²) in [7, 11) is 0. The van der Waals surface area contributed by atoms with E-state index in [4.69, 9.17) is 0 Å². The minimum atomic E-state index is -4.81. The van der Waals surface area contributed by atoms with Gasteiger partial charge in [-0.15, -0.1) is 12.4 Å². The molecule has 1 aliphatic rings. The molecular formula is C11H20ClF3N2O. The number of piperidine rings is 1. The molecule has 0 spiro atoms. The number of hydrogen-bond acceptors (Lipinski definition) is 2. The highest BCUT2D eigenvalue weighted by Gasteiger charge is 2.43. The van der Waals surface area contributed by atoms with Gasteiger partial charge in [-0.25, -0.2) is 0 Å². The van der Waals surface area contributed by atoms with Crippen LogP contribution in [0.1, 0.15) is 40.5 Å². The number of carbonyl (C=O) groups is 1. The zero-order valence-corrected chi connectivity index (χ0v) is 11.8.